The third-order valence-corrected chi connectivity index (χ3v) is 5.16. The van der Waals surface area contributed by atoms with Gasteiger partial charge in [-0.3, -0.25) is 4.79 Å². The monoisotopic (exact) mass is 278 g/mol. The van der Waals surface area contributed by atoms with E-state index >= 15 is 0 Å². The van der Waals surface area contributed by atoms with Crippen molar-refractivity contribution in [2.75, 3.05) is 0 Å². The molecule has 106 valence electrons. The largest absolute Gasteiger partial charge is 0.380 e. The molecule has 4 rings (SSSR count). The van der Waals surface area contributed by atoms with Crippen LogP contribution < -0.4 is 0 Å². The molecule has 0 heterocycles. The fourth-order valence-corrected chi connectivity index (χ4v) is 3.99. The maximum absolute atomic E-state index is 12.0. The standard InChI is InChI=1S/C19H18O2/c20-18-12-17(15-11-16(15)18)19(21,13-7-3-1-4-8-13)14-9-5-2-6-10-14/h1-10,15-17,21H,11-12H2/t15-,16+,17-/m0/s1. The van der Waals surface area contributed by atoms with Gasteiger partial charge in [-0.25, -0.2) is 0 Å². The van der Waals surface area contributed by atoms with Crippen molar-refractivity contribution >= 4 is 5.78 Å². The molecule has 2 aromatic carbocycles. The van der Waals surface area contributed by atoms with Crippen molar-refractivity contribution in [3.8, 4) is 0 Å². The summed E-state index contributed by atoms with van der Waals surface area (Å²) in [6.07, 6.45) is 1.45. The van der Waals surface area contributed by atoms with E-state index in [9.17, 15) is 9.90 Å². The molecule has 0 radical (unpaired) electrons. The van der Waals surface area contributed by atoms with Gasteiger partial charge in [0.25, 0.3) is 0 Å². The highest BCUT2D eigenvalue weighted by molar-refractivity contribution is 5.87. The lowest BCUT2D eigenvalue weighted by Crippen LogP contribution is -2.37. The van der Waals surface area contributed by atoms with Gasteiger partial charge >= 0.3 is 0 Å². The van der Waals surface area contributed by atoms with Gasteiger partial charge in [-0.15, -0.1) is 0 Å². The first-order valence-electron chi connectivity index (χ1n) is 7.57. The molecule has 2 aliphatic rings. The highest BCUT2D eigenvalue weighted by Gasteiger charge is 2.60. The van der Waals surface area contributed by atoms with E-state index in [0.717, 1.165) is 17.5 Å². The first-order valence-corrected chi connectivity index (χ1v) is 7.57. The summed E-state index contributed by atoms with van der Waals surface area (Å²) in [5, 5.41) is 11.6. The Kier molecular flexibility index (Phi) is 2.76. The summed E-state index contributed by atoms with van der Waals surface area (Å²) in [7, 11) is 0. The van der Waals surface area contributed by atoms with E-state index in [1.807, 2.05) is 60.7 Å². The van der Waals surface area contributed by atoms with Gasteiger partial charge in [-0.1, -0.05) is 60.7 Å². The summed E-state index contributed by atoms with van der Waals surface area (Å²) in [5.74, 6) is 0.881. The lowest BCUT2D eigenvalue weighted by Gasteiger charge is -2.36. The third-order valence-electron chi connectivity index (χ3n) is 5.16. The third kappa shape index (κ3) is 1.86. The fraction of sp³-hybridized carbons (Fsp3) is 0.316. The van der Waals surface area contributed by atoms with Crippen molar-refractivity contribution in [1.29, 1.82) is 0 Å². The second-order valence-electron chi connectivity index (χ2n) is 6.28. The SMILES string of the molecule is O=C1C[C@H](C(O)(c2ccccc2)c2ccccc2)[C@H]2C[C@@H]12. The highest BCUT2D eigenvalue weighted by Crippen LogP contribution is 2.59. The molecule has 0 amide bonds. The molecule has 3 atom stereocenters. The van der Waals surface area contributed by atoms with Crippen LogP contribution in [-0.4, -0.2) is 10.9 Å². The second-order valence-corrected chi connectivity index (χ2v) is 6.28. The topological polar surface area (TPSA) is 37.3 Å². The summed E-state index contributed by atoms with van der Waals surface area (Å²) in [6.45, 7) is 0. The van der Waals surface area contributed by atoms with Gasteiger partial charge < -0.3 is 5.11 Å². The molecule has 0 bridgehead atoms. The Hall–Kier alpha value is -1.93. The summed E-state index contributed by atoms with van der Waals surface area (Å²) >= 11 is 0. The molecule has 0 spiro atoms. The number of Topliss-reactive ketones (excluding diaryl/α,β-unsaturated/α-hetero) is 1. The Morgan fingerprint density at radius 2 is 1.43 bits per heavy atom. The van der Waals surface area contributed by atoms with Gasteiger partial charge in [0.1, 0.15) is 11.4 Å². The fourth-order valence-electron chi connectivity index (χ4n) is 3.99. The van der Waals surface area contributed by atoms with Crippen LogP contribution in [0.4, 0.5) is 0 Å². The predicted molar refractivity (Wildman–Crippen MR) is 80.6 cm³/mol. The van der Waals surface area contributed by atoms with Crippen molar-refractivity contribution in [3.05, 3.63) is 71.8 Å². The van der Waals surface area contributed by atoms with Crippen LogP contribution in [0.3, 0.4) is 0 Å². The molecule has 2 fully saturated rings. The summed E-state index contributed by atoms with van der Waals surface area (Å²) in [6, 6.07) is 19.6. The number of benzene rings is 2. The number of hydrogen-bond donors (Lipinski definition) is 1. The first-order chi connectivity index (χ1) is 10.2. The number of fused-ring (bicyclic) bond motifs is 1. The molecule has 2 nitrogen and oxygen atoms in total. The van der Waals surface area contributed by atoms with Crippen molar-refractivity contribution < 1.29 is 9.90 Å². The van der Waals surface area contributed by atoms with Gasteiger partial charge in [0.2, 0.25) is 0 Å². The molecular formula is C19H18O2. The maximum Gasteiger partial charge on any atom is 0.136 e. The molecule has 2 aliphatic carbocycles. The van der Waals surface area contributed by atoms with Gasteiger partial charge in [-0.05, 0) is 23.5 Å². The maximum atomic E-state index is 12.0. The van der Waals surface area contributed by atoms with Crippen LogP contribution in [0, 0.1) is 17.8 Å². The molecule has 21 heavy (non-hydrogen) atoms. The molecule has 0 unspecified atom stereocenters. The zero-order chi connectivity index (χ0) is 14.4. The number of carbonyl (C=O) groups is 1. The summed E-state index contributed by atoms with van der Waals surface area (Å²) in [4.78, 5) is 12.0. The zero-order valence-electron chi connectivity index (χ0n) is 11.8. The van der Waals surface area contributed by atoms with Crippen LogP contribution in [0.5, 0.6) is 0 Å². The summed E-state index contributed by atoms with van der Waals surface area (Å²) < 4.78 is 0. The van der Waals surface area contributed by atoms with Crippen LogP contribution >= 0.6 is 0 Å². The van der Waals surface area contributed by atoms with E-state index in [0.29, 0.717) is 18.1 Å². The van der Waals surface area contributed by atoms with Crippen LogP contribution in [0.15, 0.2) is 60.7 Å². The highest BCUT2D eigenvalue weighted by atomic mass is 16.3. The number of ketones is 1. The minimum Gasteiger partial charge on any atom is -0.380 e. The molecular weight excluding hydrogens is 260 g/mol. The number of hydrogen-bond acceptors (Lipinski definition) is 2. The van der Waals surface area contributed by atoms with Crippen LogP contribution in [0.25, 0.3) is 0 Å². The Labute approximate surface area is 124 Å². The normalized spacial score (nSPS) is 27.5. The number of carbonyl (C=O) groups excluding carboxylic acids is 1. The van der Waals surface area contributed by atoms with E-state index in [1.54, 1.807) is 0 Å². The minimum absolute atomic E-state index is 0.000185. The van der Waals surface area contributed by atoms with E-state index in [-0.39, 0.29) is 11.8 Å². The molecule has 2 heteroatoms. The quantitative estimate of drug-likeness (QED) is 0.936. The Morgan fingerprint density at radius 1 is 0.905 bits per heavy atom. The average Bonchev–Trinajstić information content (AvgIpc) is 3.27. The van der Waals surface area contributed by atoms with Crippen molar-refractivity contribution in [2.24, 2.45) is 17.8 Å². The van der Waals surface area contributed by atoms with Crippen molar-refractivity contribution in [2.45, 2.75) is 18.4 Å². The summed E-state index contributed by atoms with van der Waals surface area (Å²) in [5.41, 5.74) is 0.719. The Morgan fingerprint density at radius 3 is 1.81 bits per heavy atom. The molecule has 0 saturated heterocycles. The van der Waals surface area contributed by atoms with Crippen molar-refractivity contribution in [1.82, 2.24) is 0 Å². The van der Waals surface area contributed by atoms with E-state index in [2.05, 4.69) is 0 Å². The molecule has 1 N–H and O–H groups in total. The predicted octanol–water partition coefficient (Wildman–Crippen LogP) is 3.15. The van der Waals surface area contributed by atoms with Crippen molar-refractivity contribution in [3.63, 3.8) is 0 Å². The number of aliphatic hydroxyl groups is 1. The first kappa shape index (κ1) is 12.8. The molecule has 0 aliphatic heterocycles. The Balaban J connectivity index is 1.85. The average molecular weight is 278 g/mol. The van der Waals surface area contributed by atoms with E-state index in [1.165, 1.54) is 0 Å². The van der Waals surface area contributed by atoms with Crippen LogP contribution in [0.1, 0.15) is 24.0 Å². The number of rotatable bonds is 3. The second kappa shape index (κ2) is 4.54. The Bertz CT molecular complexity index is 623. The zero-order valence-corrected chi connectivity index (χ0v) is 11.8. The van der Waals surface area contributed by atoms with Gasteiger partial charge in [0, 0.05) is 18.3 Å². The van der Waals surface area contributed by atoms with Gasteiger partial charge in [0.15, 0.2) is 0 Å². The van der Waals surface area contributed by atoms with Gasteiger partial charge in [-0.2, -0.15) is 0 Å². The molecule has 2 saturated carbocycles. The van der Waals surface area contributed by atoms with Gasteiger partial charge in [0.05, 0.1) is 0 Å². The van der Waals surface area contributed by atoms with Crippen LogP contribution in [0.2, 0.25) is 0 Å². The minimum atomic E-state index is -1.06. The molecule has 2 aromatic rings. The van der Waals surface area contributed by atoms with E-state index < -0.39 is 5.60 Å². The molecule has 0 aromatic heterocycles. The lowest BCUT2D eigenvalue weighted by molar-refractivity contribution is -0.120. The lowest BCUT2D eigenvalue weighted by atomic mass is 9.73. The van der Waals surface area contributed by atoms with E-state index in [4.69, 9.17) is 0 Å². The van der Waals surface area contributed by atoms with Crippen LogP contribution in [-0.2, 0) is 10.4 Å². The smallest absolute Gasteiger partial charge is 0.136 e.